The zero-order chi connectivity index (χ0) is 15.2. The monoisotopic (exact) mass is 291 g/mol. The first-order chi connectivity index (χ1) is 10.1. The summed E-state index contributed by atoms with van der Waals surface area (Å²) in [5.41, 5.74) is 1.44. The van der Waals surface area contributed by atoms with Gasteiger partial charge in [0.05, 0.1) is 11.7 Å². The number of hydrogen-bond acceptors (Lipinski definition) is 3. The predicted octanol–water partition coefficient (Wildman–Crippen LogP) is 3.35. The summed E-state index contributed by atoms with van der Waals surface area (Å²) in [5, 5.41) is 3.37. The molecule has 0 aliphatic heterocycles. The smallest absolute Gasteiger partial charge is 0.126 e. The van der Waals surface area contributed by atoms with Crippen LogP contribution in [0.3, 0.4) is 0 Å². The molecule has 1 atom stereocenters. The van der Waals surface area contributed by atoms with E-state index in [-0.39, 0.29) is 6.04 Å². The van der Waals surface area contributed by atoms with Crippen molar-refractivity contribution >= 4 is 0 Å². The first-order valence-electron chi connectivity index (χ1n) is 7.06. The number of nitrogens with one attached hydrogen (secondary N) is 1. The van der Waals surface area contributed by atoms with Gasteiger partial charge in [-0.1, -0.05) is 6.92 Å². The van der Waals surface area contributed by atoms with Crippen molar-refractivity contribution in [2.45, 2.75) is 32.7 Å². The SMILES string of the molecule is CCCNC(Cc1cc(F)cc(F)c1)c1ccnc(C)n1. The van der Waals surface area contributed by atoms with Crippen LogP contribution in [0.5, 0.6) is 0 Å². The Hall–Kier alpha value is -1.88. The van der Waals surface area contributed by atoms with E-state index in [0.29, 0.717) is 17.8 Å². The van der Waals surface area contributed by atoms with Crippen LogP contribution in [-0.4, -0.2) is 16.5 Å². The maximum Gasteiger partial charge on any atom is 0.126 e. The first-order valence-corrected chi connectivity index (χ1v) is 7.06. The molecule has 21 heavy (non-hydrogen) atoms. The van der Waals surface area contributed by atoms with Gasteiger partial charge in [-0.3, -0.25) is 0 Å². The Morgan fingerprint density at radius 3 is 2.52 bits per heavy atom. The lowest BCUT2D eigenvalue weighted by Gasteiger charge is -2.18. The largest absolute Gasteiger partial charge is 0.308 e. The first kappa shape index (κ1) is 15.5. The molecule has 1 heterocycles. The molecule has 2 rings (SSSR count). The molecule has 3 nitrogen and oxygen atoms in total. The van der Waals surface area contributed by atoms with Gasteiger partial charge in [0.1, 0.15) is 17.5 Å². The van der Waals surface area contributed by atoms with Crippen molar-refractivity contribution in [3.8, 4) is 0 Å². The Kier molecular flexibility index (Phi) is 5.33. The maximum atomic E-state index is 13.3. The third kappa shape index (κ3) is 4.56. The Labute approximate surface area is 123 Å². The molecule has 0 spiro atoms. The van der Waals surface area contributed by atoms with Gasteiger partial charge in [-0.05, 0) is 50.1 Å². The van der Waals surface area contributed by atoms with E-state index < -0.39 is 11.6 Å². The second-order valence-corrected chi connectivity index (χ2v) is 5.02. The van der Waals surface area contributed by atoms with Gasteiger partial charge in [-0.25, -0.2) is 18.7 Å². The number of benzene rings is 1. The highest BCUT2D eigenvalue weighted by molar-refractivity contribution is 5.21. The minimum Gasteiger partial charge on any atom is -0.308 e. The lowest BCUT2D eigenvalue weighted by atomic mass is 10.0. The summed E-state index contributed by atoms with van der Waals surface area (Å²) < 4.78 is 26.6. The molecule has 1 unspecified atom stereocenters. The summed E-state index contributed by atoms with van der Waals surface area (Å²) in [6, 6.07) is 5.34. The Morgan fingerprint density at radius 2 is 1.90 bits per heavy atom. The number of aromatic nitrogens is 2. The van der Waals surface area contributed by atoms with Crippen molar-refractivity contribution in [2.75, 3.05) is 6.54 Å². The van der Waals surface area contributed by atoms with Crippen molar-refractivity contribution in [2.24, 2.45) is 0 Å². The van der Waals surface area contributed by atoms with Gasteiger partial charge in [0, 0.05) is 12.3 Å². The number of halogens is 2. The van der Waals surface area contributed by atoms with Crippen LogP contribution in [0.1, 0.15) is 36.5 Å². The molecule has 112 valence electrons. The highest BCUT2D eigenvalue weighted by Gasteiger charge is 2.14. The zero-order valence-electron chi connectivity index (χ0n) is 12.2. The average molecular weight is 291 g/mol. The highest BCUT2D eigenvalue weighted by Crippen LogP contribution is 2.18. The summed E-state index contributed by atoms with van der Waals surface area (Å²) >= 11 is 0. The minimum atomic E-state index is -0.557. The molecule has 2 aromatic rings. The molecular weight excluding hydrogens is 272 g/mol. The molecule has 1 aromatic carbocycles. The van der Waals surface area contributed by atoms with E-state index in [9.17, 15) is 8.78 Å². The number of hydrogen-bond donors (Lipinski definition) is 1. The third-order valence-corrected chi connectivity index (χ3v) is 3.16. The minimum absolute atomic E-state index is 0.0900. The lowest BCUT2D eigenvalue weighted by Crippen LogP contribution is -2.25. The van der Waals surface area contributed by atoms with Crippen LogP contribution in [-0.2, 0) is 6.42 Å². The van der Waals surface area contributed by atoms with Gasteiger partial charge in [-0.2, -0.15) is 0 Å². The Morgan fingerprint density at radius 1 is 1.19 bits per heavy atom. The Bertz CT molecular complexity index is 582. The maximum absolute atomic E-state index is 13.3. The van der Waals surface area contributed by atoms with E-state index >= 15 is 0 Å². The van der Waals surface area contributed by atoms with Crippen molar-refractivity contribution < 1.29 is 8.78 Å². The topological polar surface area (TPSA) is 37.8 Å². The fraction of sp³-hybridized carbons (Fsp3) is 0.375. The van der Waals surface area contributed by atoms with E-state index in [1.807, 2.05) is 13.0 Å². The predicted molar refractivity (Wildman–Crippen MR) is 77.9 cm³/mol. The van der Waals surface area contributed by atoms with E-state index in [2.05, 4.69) is 22.2 Å². The van der Waals surface area contributed by atoms with Gasteiger partial charge < -0.3 is 5.32 Å². The number of aryl methyl sites for hydroxylation is 1. The van der Waals surface area contributed by atoms with Gasteiger partial charge in [0.25, 0.3) is 0 Å². The molecule has 0 fully saturated rings. The summed E-state index contributed by atoms with van der Waals surface area (Å²) in [6.45, 7) is 4.70. The van der Waals surface area contributed by atoms with Crippen LogP contribution in [0.2, 0.25) is 0 Å². The van der Waals surface area contributed by atoms with Gasteiger partial charge >= 0.3 is 0 Å². The normalized spacial score (nSPS) is 12.4. The molecule has 1 aromatic heterocycles. The zero-order valence-corrected chi connectivity index (χ0v) is 12.2. The van der Waals surface area contributed by atoms with Crippen LogP contribution < -0.4 is 5.32 Å². The van der Waals surface area contributed by atoms with Crippen LogP contribution in [0, 0.1) is 18.6 Å². The summed E-state index contributed by atoms with van der Waals surface area (Å²) in [6.07, 6.45) is 3.15. The molecule has 0 saturated carbocycles. The van der Waals surface area contributed by atoms with Crippen LogP contribution >= 0.6 is 0 Å². The fourth-order valence-electron chi connectivity index (χ4n) is 2.23. The fourth-order valence-corrected chi connectivity index (χ4v) is 2.23. The molecule has 1 N–H and O–H groups in total. The lowest BCUT2D eigenvalue weighted by molar-refractivity contribution is 0.510. The third-order valence-electron chi connectivity index (χ3n) is 3.16. The molecule has 0 saturated heterocycles. The molecule has 0 bridgehead atoms. The average Bonchev–Trinajstić information content (AvgIpc) is 2.42. The number of rotatable bonds is 6. The van der Waals surface area contributed by atoms with Crippen LogP contribution in [0.15, 0.2) is 30.5 Å². The van der Waals surface area contributed by atoms with Crippen LogP contribution in [0.25, 0.3) is 0 Å². The summed E-state index contributed by atoms with van der Waals surface area (Å²) in [5.74, 6) is -0.433. The second kappa shape index (κ2) is 7.22. The van der Waals surface area contributed by atoms with Crippen molar-refractivity contribution in [3.05, 3.63) is 59.2 Å². The van der Waals surface area contributed by atoms with E-state index in [4.69, 9.17) is 0 Å². The Balaban J connectivity index is 2.23. The van der Waals surface area contributed by atoms with Gasteiger partial charge in [0.2, 0.25) is 0 Å². The molecule has 0 amide bonds. The molecule has 0 aliphatic carbocycles. The van der Waals surface area contributed by atoms with E-state index in [0.717, 1.165) is 24.7 Å². The number of nitrogens with zero attached hydrogens (tertiary/aromatic N) is 2. The van der Waals surface area contributed by atoms with Crippen molar-refractivity contribution in [3.63, 3.8) is 0 Å². The molecule has 0 aliphatic rings. The van der Waals surface area contributed by atoms with E-state index in [1.165, 1.54) is 12.1 Å². The standard InChI is InChI=1S/C16H19F2N3/c1-3-5-20-16(15-4-6-19-11(2)21-15)9-12-7-13(17)10-14(18)8-12/h4,6-8,10,16,20H,3,5,9H2,1-2H3. The highest BCUT2D eigenvalue weighted by atomic mass is 19.1. The summed E-state index contributed by atoms with van der Waals surface area (Å²) in [4.78, 5) is 8.49. The van der Waals surface area contributed by atoms with Crippen molar-refractivity contribution in [1.82, 2.24) is 15.3 Å². The van der Waals surface area contributed by atoms with Crippen molar-refractivity contribution in [1.29, 1.82) is 0 Å². The van der Waals surface area contributed by atoms with E-state index in [1.54, 1.807) is 6.20 Å². The molecular formula is C16H19F2N3. The quantitative estimate of drug-likeness (QED) is 0.887. The summed E-state index contributed by atoms with van der Waals surface area (Å²) in [7, 11) is 0. The molecule has 0 radical (unpaired) electrons. The van der Waals surface area contributed by atoms with Gasteiger partial charge in [-0.15, -0.1) is 0 Å². The molecule has 5 heteroatoms. The van der Waals surface area contributed by atoms with Gasteiger partial charge in [0.15, 0.2) is 0 Å². The van der Waals surface area contributed by atoms with Crippen LogP contribution in [0.4, 0.5) is 8.78 Å². The second-order valence-electron chi connectivity index (χ2n) is 5.02.